The number of nitrogens with one attached hydrogen (secondary N) is 1. The normalized spacial score (nSPS) is 15.8. The Bertz CT molecular complexity index is 936. The van der Waals surface area contributed by atoms with Gasteiger partial charge >= 0.3 is 0 Å². The molecule has 29 heavy (non-hydrogen) atoms. The summed E-state index contributed by atoms with van der Waals surface area (Å²) in [5, 5.41) is 7.34. The lowest BCUT2D eigenvalue weighted by Crippen LogP contribution is -2.48. The van der Waals surface area contributed by atoms with E-state index in [1.165, 1.54) is 0 Å². The van der Waals surface area contributed by atoms with Crippen LogP contribution in [0.4, 0.5) is 0 Å². The molecule has 1 aromatic carbocycles. The van der Waals surface area contributed by atoms with Gasteiger partial charge < -0.3 is 19.5 Å². The number of halogens is 2. The summed E-state index contributed by atoms with van der Waals surface area (Å²) in [4.78, 5) is 19.0. The average molecular weight is 437 g/mol. The van der Waals surface area contributed by atoms with Gasteiger partial charge in [0, 0.05) is 49.2 Å². The van der Waals surface area contributed by atoms with Gasteiger partial charge in [-0.2, -0.15) is 0 Å². The summed E-state index contributed by atoms with van der Waals surface area (Å²) in [7, 11) is 1.64. The van der Waals surface area contributed by atoms with Crippen molar-refractivity contribution in [3.05, 3.63) is 66.1 Å². The largest absolute Gasteiger partial charge is 0.496 e. The maximum Gasteiger partial charge on any atom is 0.276 e. The third kappa shape index (κ3) is 4.70. The second kappa shape index (κ2) is 10.2. The molecule has 3 aromatic rings. The van der Waals surface area contributed by atoms with Crippen molar-refractivity contribution in [1.82, 2.24) is 20.4 Å². The number of rotatable bonds is 4. The summed E-state index contributed by atoms with van der Waals surface area (Å²) in [5.41, 5.74) is 2.04. The maximum absolute atomic E-state index is 13.1. The zero-order valence-electron chi connectivity index (χ0n) is 15.8. The lowest BCUT2D eigenvalue weighted by molar-refractivity contribution is 0.0621. The fraction of sp³-hybridized carbons (Fsp3) is 0.250. The molecule has 1 saturated heterocycles. The second-order valence-corrected chi connectivity index (χ2v) is 6.28. The highest BCUT2D eigenvalue weighted by atomic mass is 35.5. The Kier molecular flexibility index (Phi) is 8.01. The Morgan fingerprint density at radius 2 is 2.07 bits per heavy atom. The van der Waals surface area contributed by atoms with E-state index in [4.69, 9.17) is 9.26 Å². The van der Waals surface area contributed by atoms with E-state index in [0.717, 1.165) is 23.4 Å². The molecule has 0 spiro atoms. The monoisotopic (exact) mass is 436 g/mol. The first-order valence-corrected chi connectivity index (χ1v) is 8.79. The predicted molar refractivity (Wildman–Crippen MR) is 114 cm³/mol. The van der Waals surface area contributed by atoms with Crippen molar-refractivity contribution in [2.24, 2.45) is 0 Å². The van der Waals surface area contributed by atoms with Gasteiger partial charge in [0.2, 0.25) is 0 Å². The standard InChI is InChI=1S/C20H20N4O3.2ClH/c1-26-18-7-3-2-6-15(18)17-13-22-9-10-24(17)20(25)16-11-19(27-23-16)14-5-4-8-21-12-14;;/h2-8,11-12,17,22H,9-10,13H2,1H3;2*1H. The fourth-order valence-corrected chi connectivity index (χ4v) is 3.33. The maximum atomic E-state index is 13.1. The van der Waals surface area contributed by atoms with E-state index in [2.05, 4.69) is 15.5 Å². The Hall–Kier alpha value is -2.61. The first-order chi connectivity index (χ1) is 13.3. The highest BCUT2D eigenvalue weighted by molar-refractivity contribution is 5.93. The van der Waals surface area contributed by atoms with Crippen LogP contribution in [0.1, 0.15) is 22.1 Å². The van der Waals surface area contributed by atoms with Gasteiger partial charge in [-0.15, -0.1) is 24.8 Å². The summed E-state index contributed by atoms with van der Waals surface area (Å²) in [6, 6.07) is 13.0. The van der Waals surface area contributed by atoms with E-state index >= 15 is 0 Å². The number of ether oxygens (including phenoxy) is 1. The molecule has 0 saturated carbocycles. The molecule has 2 aromatic heterocycles. The second-order valence-electron chi connectivity index (χ2n) is 6.28. The number of carbonyl (C=O) groups is 1. The van der Waals surface area contributed by atoms with Crippen LogP contribution in [0.2, 0.25) is 0 Å². The Labute approximate surface area is 181 Å². The molecule has 1 fully saturated rings. The van der Waals surface area contributed by atoms with Gasteiger partial charge in [-0.3, -0.25) is 9.78 Å². The van der Waals surface area contributed by atoms with E-state index in [1.807, 2.05) is 41.3 Å². The first kappa shape index (κ1) is 22.7. The molecule has 1 unspecified atom stereocenters. The van der Waals surface area contributed by atoms with Crippen LogP contribution < -0.4 is 10.1 Å². The number of nitrogens with zero attached hydrogens (tertiary/aromatic N) is 3. The van der Waals surface area contributed by atoms with Crippen molar-refractivity contribution in [1.29, 1.82) is 0 Å². The molecule has 3 heterocycles. The molecule has 0 bridgehead atoms. The highest BCUT2D eigenvalue weighted by Gasteiger charge is 2.32. The van der Waals surface area contributed by atoms with Gasteiger partial charge in [0.05, 0.1) is 13.2 Å². The molecule has 0 radical (unpaired) electrons. The van der Waals surface area contributed by atoms with Gasteiger partial charge in [-0.1, -0.05) is 23.4 Å². The summed E-state index contributed by atoms with van der Waals surface area (Å²) < 4.78 is 10.9. The SMILES string of the molecule is COc1ccccc1C1CNCCN1C(=O)c1cc(-c2cccnc2)on1.Cl.Cl. The van der Waals surface area contributed by atoms with E-state index in [0.29, 0.717) is 18.8 Å². The number of hydrogen-bond donors (Lipinski definition) is 1. The number of carbonyl (C=O) groups excluding carboxylic acids is 1. The van der Waals surface area contributed by atoms with Crippen molar-refractivity contribution < 1.29 is 14.1 Å². The van der Waals surface area contributed by atoms with E-state index < -0.39 is 0 Å². The molecule has 4 rings (SSSR count). The van der Waals surface area contributed by atoms with Crippen molar-refractivity contribution in [2.75, 3.05) is 26.7 Å². The summed E-state index contributed by atoms with van der Waals surface area (Å²) in [5.74, 6) is 1.13. The Morgan fingerprint density at radius 3 is 2.83 bits per heavy atom. The highest BCUT2D eigenvalue weighted by Crippen LogP contribution is 2.31. The fourth-order valence-electron chi connectivity index (χ4n) is 3.33. The van der Waals surface area contributed by atoms with Gasteiger partial charge in [-0.25, -0.2) is 0 Å². The Balaban J connectivity index is 0.00000150. The van der Waals surface area contributed by atoms with Crippen LogP contribution in [0.5, 0.6) is 5.75 Å². The third-order valence-corrected chi connectivity index (χ3v) is 4.68. The van der Waals surface area contributed by atoms with Crippen LogP contribution in [0.3, 0.4) is 0 Å². The summed E-state index contributed by atoms with van der Waals surface area (Å²) in [6.45, 7) is 1.96. The molecular weight excluding hydrogens is 415 g/mol. The number of para-hydroxylation sites is 1. The van der Waals surface area contributed by atoms with Crippen LogP contribution in [0, 0.1) is 0 Å². The minimum absolute atomic E-state index is 0. The number of piperazine rings is 1. The van der Waals surface area contributed by atoms with Gasteiger partial charge in [-0.05, 0) is 18.2 Å². The molecular formula is C20H22Cl2N4O3. The van der Waals surface area contributed by atoms with Crippen LogP contribution in [-0.4, -0.2) is 47.7 Å². The lowest BCUT2D eigenvalue weighted by Gasteiger charge is -2.36. The number of aromatic nitrogens is 2. The molecule has 9 heteroatoms. The average Bonchev–Trinajstić information content (AvgIpc) is 3.24. The molecule has 1 atom stereocenters. The number of pyridine rings is 1. The van der Waals surface area contributed by atoms with Crippen molar-refractivity contribution in [2.45, 2.75) is 6.04 Å². The van der Waals surface area contributed by atoms with Gasteiger partial charge in [0.1, 0.15) is 5.75 Å². The Morgan fingerprint density at radius 1 is 1.24 bits per heavy atom. The van der Waals surface area contributed by atoms with Gasteiger partial charge in [0.25, 0.3) is 5.91 Å². The number of methoxy groups -OCH3 is 1. The molecule has 1 amide bonds. The van der Waals surface area contributed by atoms with E-state index in [9.17, 15) is 4.79 Å². The lowest BCUT2D eigenvalue weighted by atomic mass is 10.0. The molecule has 7 nitrogen and oxygen atoms in total. The molecule has 1 aliphatic rings. The van der Waals surface area contributed by atoms with Gasteiger partial charge in [0.15, 0.2) is 11.5 Å². The smallest absolute Gasteiger partial charge is 0.276 e. The molecule has 0 aliphatic carbocycles. The predicted octanol–water partition coefficient (Wildman–Crippen LogP) is 3.38. The zero-order valence-corrected chi connectivity index (χ0v) is 17.4. The third-order valence-electron chi connectivity index (χ3n) is 4.68. The quantitative estimate of drug-likeness (QED) is 0.674. The van der Waals surface area contributed by atoms with Crippen LogP contribution in [-0.2, 0) is 0 Å². The molecule has 154 valence electrons. The van der Waals surface area contributed by atoms with Crippen LogP contribution in [0.25, 0.3) is 11.3 Å². The van der Waals surface area contributed by atoms with Crippen molar-refractivity contribution in [3.8, 4) is 17.1 Å². The van der Waals surface area contributed by atoms with E-state index in [1.54, 1.807) is 25.6 Å². The molecule has 1 N–H and O–H groups in total. The van der Waals surface area contributed by atoms with E-state index in [-0.39, 0.29) is 42.5 Å². The number of amides is 1. The summed E-state index contributed by atoms with van der Waals surface area (Å²) in [6.07, 6.45) is 3.36. The topological polar surface area (TPSA) is 80.5 Å². The number of hydrogen-bond acceptors (Lipinski definition) is 6. The number of benzene rings is 1. The minimum Gasteiger partial charge on any atom is -0.496 e. The van der Waals surface area contributed by atoms with Crippen LogP contribution in [0.15, 0.2) is 59.4 Å². The summed E-state index contributed by atoms with van der Waals surface area (Å²) >= 11 is 0. The first-order valence-electron chi connectivity index (χ1n) is 8.79. The zero-order chi connectivity index (χ0) is 18.6. The van der Waals surface area contributed by atoms with Crippen LogP contribution >= 0.6 is 24.8 Å². The van der Waals surface area contributed by atoms with Crippen molar-refractivity contribution in [3.63, 3.8) is 0 Å². The van der Waals surface area contributed by atoms with Crippen molar-refractivity contribution >= 4 is 30.7 Å². The molecule has 1 aliphatic heterocycles. The minimum atomic E-state index is -0.161.